The van der Waals surface area contributed by atoms with Crippen LogP contribution in [0.25, 0.3) is 0 Å². The summed E-state index contributed by atoms with van der Waals surface area (Å²) < 4.78 is 4.60. The van der Waals surface area contributed by atoms with E-state index >= 15 is 0 Å². The summed E-state index contributed by atoms with van der Waals surface area (Å²) in [5.41, 5.74) is -0.546. The quantitative estimate of drug-likeness (QED) is 0.438. The number of carbonyl (C=O) groups is 3. The molecule has 0 aromatic carbocycles. The number of alkyl halides is 1. The molecule has 132 valence electrons. The normalized spacial score (nSPS) is 24.9. The Labute approximate surface area is 151 Å². The van der Waals surface area contributed by atoms with Gasteiger partial charge in [-0.3, -0.25) is 14.6 Å². The first-order valence-electron chi connectivity index (χ1n) is 7.70. The van der Waals surface area contributed by atoms with Crippen LogP contribution in [-0.4, -0.2) is 47.4 Å². The molecule has 2 atom stereocenters. The topological polar surface area (TPSA) is 76.0 Å². The molecular formula is C18H19ClN2O4. The Kier molecular flexibility index (Phi) is 5.74. The van der Waals surface area contributed by atoms with Gasteiger partial charge in [0.1, 0.15) is 0 Å². The van der Waals surface area contributed by atoms with Crippen LogP contribution in [0.3, 0.4) is 0 Å². The number of aliphatic imine (C=N–C) groups is 1. The molecule has 1 aliphatic heterocycles. The third-order valence-corrected chi connectivity index (χ3v) is 4.54. The lowest BCUT2D eigenvalue weighted by atomic mass is 9.87. The average molecular weight is 363 g/mol. The number of ether oxygens (including phenoxy) is 1. The lowest BCUT2D eigenvalue weighted by Crippen LogP contribution is -2.43. The minimum Gasteiger partial charge on any atom is -0.464 e. The van der Waals surface area contributed by atoms with Crippen molar-refractivity contribution in [3.8, 4) is 0 Å². The molecule has 2 aliphatic rings. The van der Waals surface area contributed by atoms with Crippen LogP contribution in [0.1, 0.15) is 13.8 Å². The van der Waals surface area contributed by atoms with E-state index in [0.29, 0.717) is 5.70 Å². The Bertz CT molecular complexity index is 746. The molecule has 6 nitrogen and oxygen atoms in total. The number of esters is 1. The van der Waals surface area contributed by atoms with Gasteiger partial charge in [0.05, 0.1) is 19.4 Å². The number of methoxy groups -OCH3 is 1. The van der Waals surface area contributed by atoms with Gasteiger partial charge in [-0.1, -0.05) is 31.2 Å². The summed E-state index contributed by atoms with van der Waals surface area (Å²) in [6.45, 7) is 3.84. The van der Waals surface area contributed by atoms with Gasteiger partial charge < -0.3 is 4.74 Å². The van der Waals surface area contributed by atoms with Crippen LogP contribution < -0.4 is 0 Å². The Morgan fingerprint density at radius 3 is 2.72 bits per heavy atom. The number of hydrogen-bond acceptors (Lipinski definition) is 5. The molecule has 0 fully saturated rings. The first kappa shape index (κ1) is 18.9. The van der Waals surface area contributed by atoms with Crippen molar-refractivity contribution in [2.24, 2.45) is 10.4 Å². The van der Waals surface area contributed by atoms with E-state index in [1.165, 1.54) is 12.2 Å². The summed E-state index contributed by atoms with van der Waals surface area (Å²) in [6, 6.07) is 0. The number of amides is 2. The van der Waals surface area contributed by atoms with Crippen molar-refractivity contribution in [2.75, 3.05) is 13.7 Å². The Morgan fingerprint density at radius 1 is 1.36 bits per heavy atom. The third kappa shape index (κ3) is 3.96. The number of hydrogen-bond donors (Lipinski definition) is 0. The predicted octanol–water partition coefficient (Wildman–Crippen LogP) is 2.17. The zero-order chi connectivity index (χ0) is 18.6. The average Bonchev–Trinajstić information content (AvgIpc) is 2.76. The van der Waals surface area contributed by atoms with E-state index in [1.807, 2.05) is 26.0 Å². The second kappa shape index (κ2) is 7.61. The highest BCUT2D eigenvalue weighted by atomic mass is 35.5. The molecule has 1 aliphatic carbocycles. The Balaban J connectivity index is 2.45. The van der Waals surface area contributed by atoms with E-state index < -0.39 is 28.9 Å². The van der Waals surface area contributed by atoms with Gasteiger partial charge in [0.25, 0.3) is 11.8 Å². The van der Waals surface area contributed by atoms with Crippen molar-refractivity contribution in [1.29, 1.82) is 0 Å². The van der Waals surface area contributed by atoms with E-state index in [9.17, 15) is 14.4 Å². The fraction of sp³-hybridized carbons (Fsp3) is 0.333. The van der Waals surface area contributed by atoms with Crippen LogP contribution in [0, 0.1) is 5.41 Å². The second-order valence-corrected chi connectivity index (χ2v) is 6.48. The number of nitrogens with zero attached hydrogens (tertiary/aromatic N) is 2. The molecule has 7 heteroatoms. The van der Waals surface area contributed by atoms with E-state index in [2.05, 4.69) is 9.73 Å². The minimum atomic E-state index is -0.883. The van der Waals surface area contributed by atoms with Crippen molar-refractivity contribution in [3.63, 3.8) is 0 Å². The van der Waals surface area contributed by atoms with Crippen LogP contribution in [0.5, 0.6) is 0 Å². The van der Waals surface area contributed by atoms with E-state index in [0.717, 1.165) is 12.0 Å². The van der Waals surface area contributed by atoms with Gasteiger partial charge in [-0.2, -0.15) is 0 Å². The van der Waals surface area contributed by atoms with Gasteiger partial charge in [0.15, 0.2) is 0 Å². The van der Waals surface area contributed by atoms with Gasteiger partial charge in [0, 0.05) is 16.9 Å². The molecule has 0 aromatic rings. The van der Waals surface area contributed by atoms with Gasteiger partial charge in [-0.25, -0.2) is 9.69 Å². The largest absolute Gasteiger partial charge is 0.464 e. The highest BCUT2D eigenvalue weighted by molar-refractivity contribution is 6.65. The predicted molar refractivity (Wildman–Crippen MR) is 95.1 cm³/mol. The van der Waals surface area contributed by atoms with Crippen molar-refractivity contribution >= 4 is 35.1 Å². The smallest absolute Gasteiger partial charge is 0.362 e. The molecule has 0 saturated heterocycles. The van der Waals surface area contributed by atoms with Gasteiger partial charge in [0.2, 0.25) is 5.71 Å². The molecule has 1 heterocycles. The number of carbonyl (C=O) groups excluding carboxylic acids is 3. The Morgan fingerprint density at radius 2 is 2.08 bits per heavy atom. The van der Waals surface area contributed by atoms with E-state index in [-0.39, 0.29) is 11.9 Å². The SMILES string of the molecule is COC(=O)C1=NCC=CC(=O)N(C2=CC=CC(C)(C(C)Cl)C=C2)C1=O. The first-order chi connectivity index (χ1) is 11.8. The summed E-state index contributed by atoms with van der Waals surface area (Å²) in [5, 5.41) is -0.196. The minimum absolute atomic E-state index is 0.0480. The molecule has 0 saturated carbocycles. The fourth-order valence-electron chi connectivity index (χ4n) is 2.28. The molecule has 25 heavy (non-hydrogen) atoms. The summed E-state index contributed by atoms with van der Waals surface area (Å²) in [7, 11) is 1.15. The van der Waals surface area contributed by atoms with E-state index in [1.54, 1.807) is 18.2 Å². The van der Waals surface area contributed by atoms with Crippen molar-refractivity contribution < 1.29 is 19.1 Å². The first-order valence-corrected chi connectivity index (χ1v) is 8.14. The molecule has 0 bridgehead atoms. The lowest BCUT2D eigenvalue weighted by molar-refractivity contribution is -0.137. The number of allylic oxidation sites excluding steroid dienone is 5. The maximum absolute atomic E-state index is 12.7. The zero-order valence-electron chi connectivity index (χ0n) is 14.2. The number of imide groups is 1. The molecule has 0 aromatic heterocycles. The van der Waals surface area contributed by atoms with Crippen LogP contribution in [-0.2, 0) is 19.1 Å². The standard InChI is InChI=1S/C18H19ClN2O4/c1-12(19)18(2)9-4-6-13(8-10-18)21-14(22)7-5-11-20-15(16(21)23)17(24)25-3/h4-10,12H,11H2,1-3H3. The highest BCUT2D eigenvalue weighted by Crippen LogP contribution is 2.32. The van der Waals surface area contributed by atoms with Crippen molar-refractivity contribution in [2.45, 2.75) is 19.2 Å². The maximum atomic E-state index is 12.7. The van der Waals surface area contributed by atoms with Crippen LogP contribution in [0.15, 0.2) is 53.2 Å². The summed E-state index contributed by atoms with van der Waals surface area (Å²) in [4.78, 5) is 41.8. The van der Waals surface area contributed by atoms with Gasteiger partial charge >= 0.3 is 5.97 Å². The van der Waals surface area contributed by atoms with Crippen LogP contribution in [0.4, 0.5) is 0 Å². The summed E-state index contributed by atoms with van der Waals surface area (Å²) >= 11 is 6.23. The molecule has 0 spiro atoms. The summed E-state index contributed by atoms with van der Waals surface area (Å²) in [5.74, 6) is -2.27. The van der Waals surface area contributed by atoms with Crippen molar-refractivity contribution in [3.05, 3.63) is 48.2 Å². The third-order valence-electron chi connectivity index (χ3n) is 4.07. The molecule has 2 rings (SSSR count). The van der Waals surface area contributed by atoms with Crippen LogP contribution in [0.2, 0.25) is 0 Å². The molecule has 2 unspecified atom stereocenters. The Hall–Kier alpha value is -2.47. The van der Waals surface area contributed by atoms with Gasteiger partial charge in [-0.15, -0.1) is 11.6 Å². The van der Waals surface area contributed by atoms with Crippen LogP contribution >= 0.6 is 11.6 Å². The molecule has 0 radical (unpaired) electrons. The number of rotatable bonds is 3. The summed E-state index contributed by atoms with van der Waals surface area (Å²) in [6.07, 6.45) is 11.4. The zero-order valence-corrected chi connectivity index (χ0v) is 15.0. The second-order valence-electron chi connectivity index (χ2n) is 5.83. The highest BCUT2D eigenvalue weighted by Gasteiger charge is 2.33. The molecule has 0 N–H and O–H groups in total. The molecule has 2 amide bonds. The number of halogens is 1. The lowest BCUT2D eigenvalue weighted by Gasteiger charge is -2.25. The van der Waals surface area contributed by atoms with Crippen molar-refractivity contribution in [1.82, 2.24) is 4.90 Å². The fourth-order valence-corrected chi connectivity index (χ4v) is 2.43. The van der Waals surface area contributed by atoms with Gasteiger partial charge in [-0.05, 0) is 19.1 Å². The maximum Gasteiger partial charge on any atom is 0.362 e. The molecular weight excluding hydrogens is 344 g/mol. The van der Waals surface area contributed by atoms with E-state index in [4.69, 9.17) is 11.6 Å². The monoisotopic (exact) mass is 362 g/mol.